The number of carbonyl (C=O) groups is 3. The average molecular weight is 580 g/mol. The second-order valence-electron chi connectivity index (χ2n) is 12.5. The number of nitrogens with zero attached hydrogens (tertiary/aromatic N) is 2. The Morgan fingerprint density at radius 3 is 2.44 bits per heavy atom. The van der Waals surface area contributed by atoms with Crippen molar-refractivity contribution in [3.05, 3.63) is 58.6 Å². The van der Waals surface area contributed by atoms with Crippen molar-refractivity contribution in [2.24, 2.45) is 23.2 Å². The predicted octanol–water partition coefficient (Wildman–Crippen LogP) is 4.90. The number of benzene rings is 2. The van der Waals surface area contributed by atoms with Crippen molar-refractivity contribution in [2.45, 2.75) is 45.1 Å². The van der Waals surface area contributed by atoms with Crippen molar-refractivity contribution < 1.29 is 23.9 Å². The minimum atomic E-state index is -0.426. The molecule has 2 aromatic carbocycles. The monoisotopic (exact) mass is 579 g/mol. The minimum absolute atomic E-state index is 0.0149. The number of rotatable bonds is 9. The zero-order valence-corrected chi connectivity index (χ0v) is 24.3. The Morgan fingerprint density at radius 1 is 0.976 bits per heavy atom. The van der Waals surface area contributed by atoms with E-state index in [0.717, 1.165) is 36.4 Å². The van der Waals surface area contributed by atoms with Crippen LogP contribution in [0.2, 0.25) is 5.02 Å². The fraction of sp³-hybridized carbons (Fsp3) is 0.531. The predicted molar refractivity (Wildman–Crippen MR) is 155 cm³/mol. The normalized spacial score (nSPS) is 26.7. The number of hydrogen-bond acceptors (Lipinski definition) is 6. The lowest BCUT2D eigenvalue weighted by molar-refractivity contribution is -0.135. The summed E-state index contributed by atoms with van der Waals surface area (Å²) in [6.45, 7) is 3.45. The van der Waals surface area contributed by atoms with Crippen molar-refractivity contribution in [1.82, 2.24) is 15.1 Å². The van der Waals surface area contributed by atoms with Gasteiger partial charge >= 0.3 is 5.97 Å². The van der Waals surface area contributed by atoms with Gasteiger partial charge in [-0.05, 0) is 97.2 Å². The van der Waals surface area contributed by atoms with Crippen LogP contribution < -0.4 is 10.1 Å². The van der Waals surface area contributed by atoms with E-state index in [-0.39, 0.29) is 23.8 Å². The van der Waals surface area contributed by atoms with Gasteiger partial charge in [0.15, 0.2) is 0 Å². The summed E-state index contributed by atoms with van der Waals surface area (Å²) in [6, 6.07) is 12.4. The number of halogens is 1. The molecule has 2 aromatic rings. The van der Waals surface area contributed by atoms with Crippen LogP contribution in [0.25, 0.3) is 0 Å². The van der Waals surface area contributed by atoms with E-state index in [9.17, 15) is 14.4 Å². The number of piperazine rings is 1. The fourth-order valence-electron chi connectivity index (χ4n) is 8.01. The smallest absolute Gasteiger partial charge is 0.337 e. The molecule has 2 atom stereocenters. The van der Waals surface area contributed by atoms with Crippen LogP contribution in [0.5, 0.6) is 11.5 Å². The Morgan fingerprint density at radius 2 is 1.73 bits per heavy atom. The first-order valence-corrected chi connectivity index (χ1v) is 15.1. The zero-order valence-electron chi connectivity index (χ0n) is 23.6. The van der Waals surface area contributed by atoms with Crippen LogP contribution in [-0.4, -0.2) is 67.4 Å². The van der Waals surface area contributed by atoms with Crippen LogP contribution in [-0.2, 0) is 20.9 Å². The third-order valence-electron chi connectivity index (χ3n) is 9.58. The number of esters is 1. The maximum atomic E-state index is 12.9. The van der Waals surface area contributed by atoms with Gasteiger partial charge in [-0.3, -0.25) is 14.5 Å². The van der Waals surface area contributed by atoms with Crippen molar-refractivity contribution in [3.63, 3.8) is 0 Å². The summed E-state index contributed by atoms with van der Waals surface area (Å²) in [5, 5.41) is 3.49. The highest BCUT2D eigenvalue weighted by Crippen LogP contribution is 2.65. The molecule has 8 nitrogen and oxygen atoms in total. The second-order valence-corrected chi connectivity index (χ2v) is 12.9. The Hall–Kier alpha value is -3.10. The van der Waals surface area contributed by atoms with Crippen molar-refractivity contribution in [1.29, 1.82) is 0 Å². The van der Waals surface area contributed by atoms with Crippen LogP contribution in [0.1, 0.15) is 54.4 Å². The van der Waals surface area contributed by atoms with E-state index in [1.165, 1.54) is 39.2 Å². The lowest BCUT2D eigenvalue weighted by Crippen LogP contribution is -2.51. The average Bonchev–Trinajstić information content (AvgIpc) is 3.36. The summed E-state index contributed by atoms with van der Waals surface area (Å²) < 4.78 is 10.8. The topological polar surface area (TPSA) is 88.2 Å². The molecule has 1 aliphatic heterocycles. The largest absolute Gasteiger partial charge is 0.465 e. The fourth-order valence-corrected chi connectivity index (χ4v) is 8.26. The molecule has 41 heavy (non-hydrogen) atoms. The van der Waals surface area contributed by atoms with Gasteiger partial charge in [-0.1, -0.05) is 17.7 Å². The molecule has 218 valence electrons. The van der Waals surface area contributed by atoms with Gasteiger partial charge in [0.05, 0.1) is 19.2 Å². The molecule has 2 unspecified atom stereocenters. The van der Waals surface area contributed by atoms with E-state index >= 15 is 0 Å². The summed E-state index contributed by atoms with van der Waals surface area (Å²) in [6.07, 6.45) is 6.95. The van der Waals surface area contributed by atoms with Crippen LogP contribution in [0.3, 0.4) is 0 Å². The van der Waals surface area contributed by atoms with Gasteiger partial charge in [0.1, 0.15) is 11.5 Å². The molecular weight excluding hydrogens is 542 g/mol. The Balaban J connectivity index is 0.961. The maximum Gasteiger partial charge on any atom is 0.337 e. The minimum Gasteiger partial charge on any atom is -0.465 e. The summed E-state index contributed by atoms with van der Waals surface area (Å²) in [4.78, 5) is 41.6. The molecule has 4 aliphatic carbocycles. The lowest BCUT2D eigenvalue weighted by atomic mass is 9.67. The highest BCUT2D eigenvalue weighted by Gasteiger charge is 2.56. The maximum absolute atomic E-state index is 12.9. The highest BCUT2D eigenvalue weighted by molar-refractivity contribution is 6.30. The molecule has 4 saturated carbocycles. The Labute approximate surface area is 246 Å². The van der Waals surface area contributed by atoms with E-state index in [1.54, 1.807) is 30.3 Å². The van der Waals surface area contributed by atoms with Gasteiger partial charge in [-0.2, -0.15) is 0 Å². The first-order chi connectivity index (χ1) is 19.8. The molecule has 5 aliphatic rings. The first-order valence-electron chi connectivity index (χ1n) is 14.7. The van der Waals surface area contributed by atoms with Gasteiger partial charge < -0.3 is 19.7 Å². The summed E-state index contributed by atoms with van der Waals surface area (Å²) in [5.41, 5.74) is 1.61. The molecule has 4 bridgehead atoms. The SMILES string of the molecule is COC(=O)c1cccc(Oc2cc(Cl)cc(CN3CCN(C(=O)CNC(=O)CC45CC6CC(C4)C(C6)C5)CC3)c2)c1. The third-order valence-corrected chi connectivity index (χ3v) is 9.79. The number of amides is 2. The van der Waals surface area contributed by atoms with Gasteiger partial charge in [0.25, 0.3) is 0 Å². The number of methoxy groups -OCH3 is 1. The molecule has 0 spiro atoms. The molecule has 0 aromatic heterocycles. The summed E-state index contributed by atoms with van der Waals surface area (Å²) in [7, 11) is 1.34. The molecule has 1 saturated heterocycles. The summed E-state index contributed by atoms with van der Waals surface area (Å²) in [5.74, 6) is 3.21. The molecular formula is C32H38ClN3O5. The third kappa shape index (κ3) is 6.38. The van der Waals surface area contributed by atoms with Crippen LogP contribution in [0.15, 0.2) is 42.5 Å². The number of ether oxygens (including phenoxy) is 2. The molecule has 5 fully saturated rings. The number of carbonyl (C=O) groups excluding carboxylic acids is 3. The van der Waals surface area contributed by atoms with Gasteiger partial charge in [-0.25, -0.2) is 4.79 Å². The molecule has 1 heterocycles. The van der Waals surface area contributed by atoms with Crippen LogP contribution >= 0.6 is 11.6 Å². The number of hydrogen-bond donors (Lipinski definition) is 1. The molecule has 9 heteroatoms. The molecule has 0 radical (unpaired) electrons. The van der Waals surface area contributed by atoms with Gasteiger partial charge in [-0.15, -0.1) is 0 Å². The summed E-state index contributed by atoms with van der Waals surface area (Å²) >= 11 is 6.39. The van der Waals surface area contributed by atoms with E-state index in [4.69, 9.17) is 21.1 Å². The van der Waals surface area contributed by atoms with Gasteiger partial charge in [0.2, 0.25) is 11.8 Å². The van der Waals surface area contributed by atoms with Crippen molar-refractivity contribution in [2.75, 3.05) is 39.8 Å². The van der Waals surface area contributed by atoms with Crippen LogP contribution in [0.4, 0.5) is 0 Å². The van der Waals surface area contributed by atoms with E-state index in [2.05, 4.69) is 10.2 Å². The van der Waals surface area contributed by atoms with Crippen molar-refractivity contribution in [3.8, 4) is 11.5 Å². The lowest BCUT2D eigenvalue weighted by Gasteiger charge is -2.38. The van der Waals surface area contributed by atoms with Gasteiger partial charge in [0, 0.05) is 44.2 Å². The Bertz CT molecular complexity index is 1300. The van der Waals surface area contributed by atoms with Crippen molar-refractivity contribution >= 4 is 29.4 Å². The quantitative estimate of drug-likeness (QED) is 0.425. The van der Waals surface area contributed by atoms with E-state index < -0.39 is 5.97 Å². The first kappa shape index (κ1) is 28.0. The van der Waals surface area contributed by atoms with E-state index in [0.29, 0.717) is 48.1 Å². The number of nitrogens with one attached hydrogen (secondary N) is 1. The Kier molecular flexibility index (Phi) is 7.97. The van der Waals surface area contributed by atoms with E-state index in [1.807, 2.05) is 17.0 Å². The molecule has 1 N–H and O–H groups in total. The second kappa shape index (κ2) is 11.6. The standard InChI is InChI=1S/C32H38ClN3O5/c1-40-31(39)23-3-2-4-27(13-23)41-28-12-22(11-26(33)14-28)20-35-5-7-36(8-6-35)30(38)19-34-29(37)18-32-15-21-9-24(16-32)25(10-21)17-32/h2-4,11-14,21,24-25H,5-10,15-20H2,1H3,(H,34,37). The van der Waals surface area contributed by atoms with Crippen LogP contribution in [0, 0.1) is 23.2 Å². The highest BCUT2D eigenvalue weighted by atomic mass is 35.5. The molecule has 2 amide bonds. The molecule has 7 rings (SSSR count). The zero-order chi connectivity index (χ0) is 28.6.